The standard InChI is InChI=1S/C7H13N/c1-8(6-2-3-6)7-4-5-7/h6-7H,2-5H2,1H3/q+1. The van der Waals surface area contributed by atoms with Crippen LogP contribution in [0.15, 0.2) is 0 Å². The molecule has 0 aromatic rings. The fourth-order valence-electron chi connectivity index (χ4n) is 1.26. The number of hydrogen-bond donors (Lipinski definition) is 0. The van der Waals surface area contributed by atoms with Crippen molar-refractivity contribution in [3.05, 3.63) is 0 Å². The lowest BCUT2D eigenvalue weighted by molar-refractivity contribution is 0.460. The fraction of sp³-hybridized carbons (Fsp3) is 1.00. The van der Waals surface area contributed by atoms with E-state index in [1.165, 1.54) is 25.7 Å². The summed E-state index contributed by atoms with van der Waals surface area (Å²) in [6.07, 6.45) is 5.86. The molecule has 2 fully saturated rings. The molecule has 1 radical (unpaired) electrons. The van der Waals surface area contributed by atoms with Crippen LogP contribution in [0.5, 0.6) is 0 Å². The van der Waals surface area contributed by atoms with Crippen molar-refractivity contribution in [3.63, 3.8) is 0 Å². The van der Waals surface area contributed by atoms with E-state index < -0.39 is 0 Å². The minimum Gasteiger partial charge on any atom is -0.167 e. The first kappa shape index (κ1) is 4.80. The number of rotatable bonds is 2. The largest absolute Gasteiger partial charge is 0.167 e. The Labute approximate surface area is 50.7 Å². The van der Waals surface area contributed by atoms with Crippen molar-refractivity contribution in [2.24, 2.45) is 0 Å². The summed E-state index contributed by atoms with van der Waals surface area (Å²) in [6, 6.07) is 1.98. The second-order valence-electron chi connectivity index (χ2n) is 3.13. The lowest BCUT2D eigenvalue weighted by Crippen LogP contribution is -2.29. The van der Waals surface area contributed by atoms with E-state index in [2.05, 4.69) is 11.9 Å². The Balaban J connectivity index is 1.84. The van der Waals surface area contributed by atoms with Gasteiger partial charge in [0.25, 0.3) is 0 Å². The molecule has 2 saturated carbocycles. The molecule has 8 heavy (non-hydrogen) atoms. The molecule has 2 aliphatic rings. The zero-order valence-corrected chi connectivity index (χ0v) is 5.43. The topological polar surface area (TPSA) is 5.90 Å². The summed E-state index contributed by atoms with van der Waals surface area (Å²) in [6.45, 7) is 0. The summed E-state index contributed by atoms with van der Waals surface area (Å²) in [5.74, 6) is 0. The highest BCUT2D eigenvalue weighted by Crippen LogP contribution is 2.33. The van der Waals surface area contributed by atoms with Gasteiger partial charge in [-0.3, -0.25) is 0 Å². The van der Waals surface area contributed by atoms with E-state index in [0.29, 0.717) is 0 Å². The first-order chi connectivity index (χ1) is 3.88. The zero-order valence-electron chi connectivity index (χ0n) is 5.43. The van der Waals surface area contributed by atoms with Gasteiger partial charge in [-0.1, -0.05) is 0 Å². The van der Waals surface area contributed by atoms with Gasteiger partial charge in [-0.15, -0.1) is 0 Å². The van der Waals surface area contributed by atoms with Crippen LogP contribution in [-0.2, 0) is 0 Å². The first-order valence-electron chi connectivity index (χ1n) is 3.60. The molecule has 0 aromatic heterocycles. The van der Waals surface area contributed by atoms with Gasteiger partial charge in [-0.05, 0) is 0 Å². The van der Waals surface area contributed by atoms with Gasteiger partial charge in [0.2, 0.25) is 0 Å². The van der Waals surface area contributed by atoms with Crippen LogP contribution < -0.4 is 4.90 Å². The van der Waals surface area contributed by atoms with Crippen molar-refractivity contribution < 1.29 is 0 Å². The van der Waals surface area contributed by atoms with Gasteiger partial charge in [0.15, 0.2) is 0 Å². The highest BCUT2D eigenvalue weighted by molar-refractivity contribution is 4.96. The molecule has 0 N–H and O–H groups in total. The molecule has 0 atom stereocenters. The molecule has 45 valence electrons. The van der Waals surface area contributed by atoms with Crippen molar-refractivity contribution >= 4 is 0 Å². The highest BCUT2D eigenvalue weighted by atomic mass is 15.2. The lowest BCUT2D eigenvalue weighted by atomic mass is 10.5. The maximum atomic E-state index is 2.56. The summed E-state index contributed by atoms with van der Waals surface area (Å²) in [5.41, 5.74) is 0. The molecule has 0 spiro atoms. The fourth-order valence-corrected chi connectivity index (χ4v) is 1.26. The van der Waals surface area contributed by atoms with Crippen LogP contribution in [0.2, 0.25) is 0 Å². The zero-order chi connectivity index (χ0) is 5.56. The smallest absolute Gasteiger partial charge is 0.133 e. The van der Waals surface area contributed by atoms with Crippen molar-refractivity contribution in [1.82, 2.24) is 4.90 Å². The SMILES string of the molecule is C[N+](C1CC1)C1CC1. The molecule has 0 amide bonds. The van der Waals surface area contributed by atoms with E-state index in [0.717, 1.165) is 12.1 Å². The second kappa shape index (κ2) is 1.47. The Morgan fingerprint density at radius 3 is 1.62 bits per heavy atom. The van der Waals surface area contributed by atoms with Crippen LogP contribution in [0.3, 0.4) is 0 Å². The molecule has 0 aliphatic heterocycles. The van der Waals surface area contributed by atoms with Crippen LogP contribution in [0.25, 0.3) is 0 Å². The van der Waals surface area contributed by atoms with E-state index in [-0.39, 0.29) is 0 Å². The molecule has 2 rings (SSSR count). The summed E-state index contributed by atoms with van der Waals surface area (Å²) in [4.78, 5) is 2.56. The van der Waals surface area contributed by atoms with Crippen LogP contribution >= 0.6 is 0 Å². The third-order valence-electron chi connectivity index (χ3n) is 2.25. The predicted octanol–water partition coefficient (Wildman–Crippen LogP) is 1.08. The third-order valence-corrected chi connectivity index (χ3v) is 2.25. The predicted molar refractivity (Wildman–Crippen MR) is 34.1 cm³/mol. The molecule has 0 aromatic carbocycles. The van der Waals surface area contributed by atoms with Gasteiger partial charge >= 0.3 is 0 Å². The molecule has 0 bridgehead atoms. The van der Waals surface area contributed by atoms with E-state index in [9.17, 15) is 0 Å². The van der Waals surface area contributed by atoms with Gasteiger partial charge < -0.3 is 0 Å². The van der Waals surface area contributed by atoms with E-state index >= 15 is 0 Å². The van der Waals surface area contributed by atoms with Gasteiger partial charge in [-0.25, -0.2) is 0 Å². The maximum Gasteiger partial charge on any atom is 0.133 e. The monoisotopic (exact) mass is 111 g/mol. The molecule has 0 saturated heterocycles. The minimum absolute atomic E-state index is 0.988. The molecule has 0 unspecified atom stereocenters. The van der Waals surface area contributed by atoms with Gasteiger partial charge in [0.05, 0.1) is 0 Å². The average molecular weight is 111 g/mol. The van der Waals surface area contributed by atoms with Gasteiger partial charge in [0, 0.05) is 25.7 Å². The maximum absolute atomic E-state index is 2.56. The Morgan fingerprint density at radius 2 is 1.38 bits per heavy atom. The van der Waals surface area contributed by atoms with Crippen LogP contribution in [0, 0.1) is 0 Å². The highest BCUT2D eigenvalue weighted by Gasteiger charge is 2.45. The molecule has 1 heteroatoms. The normalized spacial score (nSPS) is 29.2. The molecule has 2 aliphatic carbocycles. The number of hydrogen-bond acceptors (Lipinski definition) is 1. The van der Waals surface area contributed by atoms with Crippen molar-refractivity contribution in [2.45, 2.75) is 37.8 Å². The van der Waals surface area contributed by atoms with Gasteiger partial charge in [0.1, 0.15) is 19.1 Å². The minimum atomic E-state index is 0.988. The van der Waals surface area contributed by atoms with Crippen LogP contribution in [0.1, 0.15) is 25.7 Å². The van der Waals surface area contributed by atoms with Crippen molar-refractivity contribution in [3.8, 4) is 0 Å². The Kier molecular flexibility index (Phi) is 0.884. The Hall–Kier alpha value is -0.0400. The van der Waals surface area contributed by atoms with E-state index in [4.69, 9.17) is 0 Å². The van der Waals surface area contributed by atoms with Crippen LogP contribution in [-0.4, -0.2) is 19.1 Å². The summed E-state index contributed by atoms with van der Waals surface area (Å²) in [7, 11) is 2.27. The van der Waals surface area contributed by atoms with E-state index in [1.807, 2.05) is 0 Å². The molecular weight excluding hydrogens is 98.1 g/mol. The second-order valence-corrected chi connectivity index (χ2v) is 3.13. The molecular formula is C7H13N+. The van der Waals surface area contributed by atoms with Crippen molar-refractivity contribution in [1.29, 1.82) is 0 Å². The third kappa shape index (κ3) is 0.752. The summed E-state index contributed by atoms with van der Waals surface area (Å²) in [5, 5.41) is 0. The average Bonchev–Trinajstić information content (AvgIpc) is 2.63. The Bertz CT molecular complexity index is 80.6. The van der Waals surface area contributed by atoms with Crippen LogP contribution in [0.4, 0.5) is 0 Å². The Morgan fingerprint density at radius 1 is 1.00 bits per heavy atom. The van der Waals surface area contributed by atoms with E-state index in [1.54, 1.807) is 0 Å². The van der Waals surface area contributed by atoms with Gasteiger partial charge in [-0.2, -0.15) is 4.90 Å². The summed E-state index contributed by atoms with van der Waals surface area (Å²) >= 11 is 0. The van der Waals surface area contributed by atoms with Crippen molar-refractivity contribution in [2.75, 3.05) is 7.05 Å². The first-order valence-corrected chi connectivity index (χ1v) is 3.60. The number of nitrogens with zero attached hydrogens (tertiary/aromatic N) is 1. The molecule has 1 nitrogen and oxygen atoms in total. The lowest BCUT2D eigenvalue weighted by Gasteiger charge is -2.00. The quantitative estimate of drug-likeness (QED) is 0.470. The molecule has 0 heterocycles. The summed E-state index contributed by atoms with van der Waals surface area (Å²) < 4.78 is 0.